The van der Waals surface area contributed by atoms with Gasteiger partial charge in [-0.25, -0.2) is 4.98 Å². The Hall–Kier alpha value is -3.32. The van der Waals surface area contributed by atoms with Gasteiger partial charge in [-0.15, -0.1) is 10.2 Å². The molecule has 0 saturated heterocycles. The number of H-pyrrole nitrogens is 1. The van der Waals surface area contributed by atoms with Crippen molar-refractivity contribution in [1.82, 2.24) is 30.2 Å². The minimum absolute atomic E-state index is 0.581. The fourth-order valence-corrected chi connectivity index (χ4v) is 3.97. The first kappa shape index (κ1) is 20.9. The molecule has 0 atom stereocenters. The van der Waals surface area contributed by atoms with E-state index in [1.807, 2.05) is 25.1 Å². The lowest BCUT2D eigenvalue weighted by molar-refractivity contribution is 0.0733. The van der Waals surface area contributed by atoms with Crippen molar-refractivity contribution in [3.05, 3.63) is 71.3 Å². The number of hydrogen-bond donors (Lipinski definition) is 2. The van der Waals surface area contributed by atoms with Crippen LogP contribution in [0.3, 0.4) is 0 Å². The zero-order valence-corrected chi connectivity index (χ0v) is 18.4. The summed E-state index contributed by atoms with van der Waals surface area (Å²) in [6.07, 6.45) is 1.89. The summed E-state index contributed by atoms with van der Waals surface area (Å²) in [6.45, 7) is 8.48. The minimum atomic E-state index is -0.958. The summed E-state index contributed by atoms with van der Waals surface area (Å²) in [5.41, 5.74) is 5.09. The number of aromatic nitrogens is 6. The maximum absolute atomic E-state index is 10.5. The molecule has 0 aliphatic rings. The molecule has 0 aliphatic heterocycles. The molecule has 160 valence electrons. The van der Waals surface area contributed by atoms with Crippen molar-refractivity contribution in [3.8, 4) is 22.5 Å². The second kappa shape index (κ2) is 8.43. The Morgan fingerprint density at radius 3 is 2.35 bits per heavy atom. The highest BCUT2D eigenvalue weighted by molar-refractivity contribution is 5.80. The molecule has 4 aromatic rings. The minimum Gasteiger partial charge on any atom is -0.384 e. The normalized spacial score (nSPS) is 11.8. The molecule has 0 amide bonds. The van der Waals surface area contributed by atoms with Gasteiger partial charge in [-0.2, -0.15) is 5.21 Å². The molecular formula is C24H28N6O. The summed E-state index contributed by atoms with van der Waals surface area (Å²) in [5, 5.41) is 25.0. The van der Waals surface area contributed by atoms with Crippen LogP contribution in [-0.4, -0.2) is 35.3 Å². The quantitative estimate of drug-likeness (QED) is 0.469. The van der Waals surface area contributed by atoms with Crippen LogP contribution in [0.1, 0.15) is 50.0 Å². The van der Waals surface area contributed by atoms with Crippen LogP contribution in [0.5, 0.6) is 0 Å². The molecule has 0 radical (unpaired) electrons. The molecule has 2 aromatic heterocycles. The molecule has 2 N–H and O–H groups in total. The summed E-state index contributed by atoms with van der Waals surface area (Å²) in [7, 11) is 0. The van der Waals surface area contributed by atoms with E-state index >= 15 is 0 Å². The summed E-state index contributed by atoms with van der Waals surface area (Å²) in [4.78, 5) is 4.76. The average molecular weight is 417 g/mol. The van der Waals surface area contributed by atoms with Crippen LogP contribution in [-0.2, 0) is 18.6 Å². The van der Waals surface area contributed by atoms with E-state index in [2.05, 4.69) is 62.4 Å². The first-order valence-electron chi connectivity index (χ1n) is 10.6. The van der Waals surface area contributed by atoms with Crippen LogP contribution in [0.15, 0.2) is 48.5 Å². The first-order valence-corrected chi connectivity index (χ1v) is 10.6. The Morgan fingerprint density at radius 1 is 1.03 bits per heavy atom. The standard InChI is InChI=1S/C24H28N6O/c1-5-8-21-25-22(24(3,4)31)16(2)30(21)15-17-11-13-18(14-12-17)19-9-6-7-10-20(19)23-26-28-29-27-23/h6-7,9-14,31H,5,8,15H2,1-4H3,(H,26,27,28,29). The summed E-state index contributed by atoms with van der Waals surface area (Å²) in [5.74, 6) is 1.60. The Labute approximate surface area is 182 Å². The number of hydrogen-bond acceptors (Lipinski definition) is 5. The molecule has 31 heavy (non-hydrogen) atoms. The largest absolute Gasteiger partial charge is 0.384 e. The summed E-state index contributed by atoms with van der Waals surface area (Å²) >= 11 is 0. The number of aryl methyl sites for hydroxylation is 1. The number of tetrazole rings is 1. The molecule has 0 fully saturated rings. The van der Waals surface area contributed by atoms with Gasteiger partial charge in [0.25, 0.3) is 0 Å². The van der Waals surface area contributed by atoms with Crippen LogP contribution in [0.25, 0.3) is 22.5 Å². The van der Waals surface area contributed by atoms with Gasteiger partial charge in [-0.1, -0.05) is 55.5 Å². The predicted molar refractivity (Wildman–Crippen MR) is 120 cm³/mol. The third-order valence-electron chi connectivity index (χ3n) is 5.47. The van der Waals surface area contributed by atoms with Gasteiger partial charge in [0, 0.05) is 24.2 Å². The molecule has 0 unspecified atom stereocenters. The van der Waals surface area contributed by atoms with Crippen molar-refractivity contribution in [3.63, 3.8) is 0 Å². The Bertz CT molecular complexity index is 1150. The first-order chi connectivity index (χ1) is 14.9. The molecule has 0 bridgehead atoms. The van der Waals surface area contributed by atoms with Crippen molar-refractivity contribution in [2.24, 2.45) is 0 Å². The van der Waals surface area contributed by atoms with E-state index in [1.54, 1.807) is 13.8 Å². The van der Waals surface area contributed by atoms with Crippen molar-refractivity contribution < 1.29 is 5.11 Å². The zero-order valence-electron chi connectivity index (χ0n) is 18.4. The van der Waals surface area contributed by atoms with Gasteiger partial charge in [-0.05, 0) is 49.1 Å². The molecule has 4 rings (SSSR count). The van der Waals surface area contributed by atoms with Crippen LogP contribution in [0.2, 0.25) is 0 Å². The molecule has 0 saturated carbocycles. The maximum Gasteiger partial charge on any atom is 0.205 e. The number of nitrogens with zero attached hydrogens (tertiary/aromatic N) is 5. The number of aromatic amines is 1. The van der Waals surface area contributed by atoms with Crippen LogP contribution in [0.4, 0.5) is 0 Å². The third-order valence-corrected chi connectivity index (χ3v) is 5.47. The van der Waals surface area contributed by atoms with E-state index in [9.17, 15) is 5.11 Å². The number of nitrogens with one attached hydrogen (secondary N) is 1. The average Bonchev–Trinajstić information content (AvgIpc) is 3.39. The smallest absolute Gasteiger partial charge is 0.205 e. The van der Waals surface area contributed by atoms with E-state index in [0.29, 0.717) is 5.82 Å². The molecule has 0 aliphatic carbocycles. The fraction of sp³-hybridized carbons (Fsp3) is 0.333. The molecular weight excluding hydrogens is 388 g/mol. The molecule has 2 aromatic carbocycles. The highest BCUT2D eigenvalue weighted by atomic mass is 16.3. The lowest BCUT2D eigenvalue weighted by Crippen LogP contribution is -2.18. The molecule has 2 heterocycles. The highest BCUT2D eigenvalue weighted by Crippen LogP contribution is 2.30. The molecule has 0 spiro atoms. The number of rotatable bonds is 7. The topological polar surface area (TPSA) is 92.5 Å². The maximum atomic E-state index is 10.5. The van der Waals surface area contributed by atoms with Gasteiger partial charge >= 0.3 is 0 Å². The van der Waals surface area contributed by atoms with E-state index in [0.717, 1.165) is 53.3 Å². The van der Waals surface area contributed by atoms with E-state index in [-0.39, 0.29) is 0 Å². The van der Waals surface area contributed by atoms with Crippen LogP contribution >= 0.6 is 0 Å². The Kier molecular flexibility index (Phi) is 5.69. The zero-order chi connectivity index (χ0) is 22.0. The molecule has 7 heteroatoms. The number of benzene rings is 2. The summed E-state index contributed by atoms with van der Waals surface area (Å²) in [6, 6.07) is 16.6. The SMILES string of the molecule is CCCc1nc(C(C)(C)O)c(C)n1Cc1ccc(-c2ccccc2-c2nn[nH]n2)cc1. The van der Waals surface area contributed by atoms with Gasteiger partial charge in [0.1, 0.15) is 11.4 Å². The predicted octanol–water partition coefficient (Wildman–Crippen LogP) is 4.27. The Morgan fingerprint density at radius 2 is 1.74 bits per heavy atom. The van der Waals surface area contributed by atoms with E-state index < -0.39 is 5.60 Å². The van der Waals surface area contributed by atoms with Crippen LogP contribution in [0, 0.1) is 6.92 Å². The second-order valence-electron chi connectivity index (χ2n) is 8.34. The molecule has 7 nitrogen and oxygen atoms in total. The number of aliphatic hydroxyl groups is 1. The fourth-order valence-electron chi connectivity index (χ4n) is 3.97. The third kappa shape index (κ3) is 4.27. The number of imidazole rings is 1. The van der Waals surface area contributed by atoms with E-state index in [4.69, 9.17) is 4.98 Å². The van der Waals surface area contributed by atoms with Crippen molar-refractivity contribution in [2.45, 2.75) is 52.7 Å². The van der Waals surface area contributed by atoms with Gasteiger partial charge in [0.2, 0.25) is 5.82 Å². The van der Waals surface area contributed by atoms with Gasteiger partial charge in [-0.3, -0.25) is 0 Å². The van der Waals surface area contributed by atoms with Gasteiger partial charge in [0.15, 0.2) is 0 Å². The lowest BCUT2D eigenvalue weighted by Gasteiger charge is -2.16. The van der Waals surface area contributed by atoms with E-state index in [1.165, 1.54) is 5.56 Å². The van der Waals surface area contributed by atoms with Crippen molar-refractivity contribution in [2.75, 3.05) is 0 Å². The van der Waals surface area contributed by atoms with Crippen LogP contribution < -0.4 is 0 Å². The summed E-state index contributed by atoms with van der Waals surface area (Å²) < 4.78 is 2.22. The van der Waals surface area contributed by atoms with Gasteiger partial charge in [0.05, 0.1) is 5.69 Å². The monoisotopic (exact) mass is 416 g/mol. The van der Waals surface area contributed by atoms with Crippen molar-refractivity contribution in [1.29, 1.82) is 0 Å². The lowest BCUT2D eigenvalue weighted by atomic mass is 9.98. The van der Waals surface area contributed by atoms with Crippen molar-refractivity contribution >= 4 is 0 Å². The van der Waals surface area contributed by atoms with Gasteiger partial charge < -0.3 is 9.67 Å². The second-order valence-corrected chi connectivity index (χ2v) is 8.34. The Balaban J connectivity index is 1.65. The highest BCUT2D eigenvalue weighted by Gasteiger charge is 2.25.